The molecule has 1 unspecified atom stereocenters. The quantitative estimate of drug-likeness (QED) is 0.585. The monoisotopic (exact) mass is 378 g/mol. The predicted molar refractivity (Wildman–Crippen MR) is 99.4 cm³/mol. The van der Waals surface area contributed by atoms with Crippen LogP contribution in [0.5, 0.6) is 5.88 Å². The van der Waals surface area contributed by atoms with Crippen LogP contribution in [0.15, 0.2) is 24.5 Å². The first-order valence-electron chi connectivity index (χ1n) is 7.94. The van der Waals surface area contributed by atoms with Crippen molar-refractivity contribution in [2.24, 2.45) is 5.92 Å². The molecule has 0 N–H and O–H groups in total. The zero-order valence-electron chi connectivity index (χ0n) is 13.2. The molecule has 1 aliphatic rings. The fourth-order valence-corrected chi connectivity index (χ4v) is 5.01. The Morgan fingerprint density at radius 2 is 2.04 bits per heavy atom. The zero-order valence-corrected chi connectivity index (χ0v) is 15.5. The number of hydrogen-bond donors (Lipinski definition) is 0. The Labute approximate surface area is 154 Å². The number of fused-ring (bicyclic) bond motifs is 3. The molecule has 0 amide bonds. The molecule has 24 heavy (non-hydrogen) atoms. The minimum atomic E-state index is 0.297. The Kier molecular flexibility index (Phi) is 4.37. The summed E-state index contributed by atoms with van der Waals surface area (Å²) >= 11 is 14.2. The number of rotatable bonds is 3. The Morgan fingerprint density at radius 3 is 2.83 bits per heavy atom. The second-order valence-corrected chi connectivity index (χ2v) is 8.10. The van der Waals surface area contributed by atoms with Crippen LogP contribution in [0.1, 0.15) is 29.3 Å². The first kappa shape index (κ1) is 16.1. The highest BCUT2D eigenvalue weighted by atomic mass is 35.5. The van der Waals surface area contributed by atoms with Crippen molar-refractivity contribution < 1.29 is 4.74 Å². The Hall–Kier alpha value is -1.36. The highest BCUT2D eigenvalue weighted by Gasteiger charge is 2.23. The van der Waals surface area contributed by atoms with E-state index in [1.54, 1.807) is 17.7 Å². The van der Waals surface area contributed by atoms with Crippen LogP contribution in [0, 0.1) is 5.92 Å². The van der Waals surface area contributed by atoms with Crippen molar-refractivity contribution in [3.63, 3.8) is 0 Å². The van der Waals surface area contributed by atoms with Gasteiger partial charge in [0.2, 0.25) is 5.88 Å². The lowest BCUT2D eigenvalue weighted by Gasteiger charge is -2.18. The molecule has 0 saturated carbocycles. The number of ether oxygens (including phenoxy) is 1. The molecular formula is C18H16Cl2N2OS. The van der Waals surface area contributed by atoms with Gasteiger partial charge in [0.15, 0.2) is 0 Å². The summed E-state index contributed by atoms with van der Waals surface area (Å²) in [4.78, 5) is 11.2. The van der Waals surface area contributed by atoms with E-state index in [0.29, 0.717) is 22.5 Å². The predicted octanol–water partition coefficient (Wildman–Crippen LogP) is 5.70. The van der Waals surface area contributed by atoms with Crippen LogP contribution in [-0.4, -0.2) is 9.97 Å². The molecule has 1 aliphatic carbocycles. The third kappa shape index (κ3) is 2.87. The molecule has 4 rings (SSSR count). The van der Waals surface area contributed by atoms with Crippen molar-refractivity contribution in [3.8, 4) is 5.88 Å². The van der Waals surface area contributed by atoms with Crippen LogP contribution >= 0.6 is 34.5 Å². The van der Waals surface area contributed by atoms with Crippen molar-refractivity contribution in [3.05, 3.63) is 50.6 Å². The van der Waals surface area contributed by atoms with Gasteiger partial charge < -0.3 is 4.74 Å². The van der Waals surface area contributed by atoms with E-state index in [0.717, 1.165) is 34.5 Å². The van der Waals surface area contributed by atoms with E-state index in [1.165, 1.54) is 16.9 Å². The van der Waals surface area contributed by atoms with Gasteiger partial charge in [-0.05, 0) is 42.9 Å². The van der Waals surface area contributed by atoms with Gasteiger partial charge in [-0.15, -0.1) is 11.3 Å². The van der Waals surface area contributed by atoms with Crippen molar-refractivity contribution in [1.82, 2.24) is 9.97 Å². The Morgan fingerprint density at radius 1 is 1.25 bits per heavy atom. The smallest absolute Gasteiger partial charge is 0.225 e. The second-order valence-electron chi connectivity index (χ2n) is 6.20. The summed E-state index contributed by atoms with van der Waals surface area (Å²) in [6.07, 6.45) is 4.94. The molecule has 2 heterocycles. The standard InChI is InChI=1S/C18H16Cl2N2OS/c1-10-5-6-11-15(7-10)24-18-16(11)17(21-9-22-18)23-8-12-13(19)3-2-4-14(12)20/h2-4,9-10H,5-8H2,1H3. The largest absolute Gasteiger partial charge is 0.472 e. The molecule has 0 saturated heterocycles. The third-order valence-electron chi connectivity index (χ3n) is 4.47. The number of aromatic nitrogens is 2. The fraction of sp³-hybridized carbons (Fsp3) is 0.333. The maximum absolute atomic E-state index is 6.23. The fourth-order valence-electron chi connectivity index (χ4n) is 3.17. The summed E-state index contributed by atoms with van der Waals surface area (Å²) in [7, 11) is 0. The molecule has 0 radical (unpaired) electrons. The van der Waals surface area contributed by atoms with Crippen LogP contribution in [0.3, 0.4) is 0 Å². The van der Waals surface area contributed by atoms with Gasteiger partial charge in [0.1, 0.15) is 17.8 Å². The summed E-state index contributed by atoms with van der Waals surface area (Å²) in [5.74, 6) is 1.35. The summed E-state index contributed by atoms with van der Waals surface area (Å²) in [5, 5.41) is 2.27. The van der Waals surface area contributed by atoms with Gasteiger partial charge >= 0.3 is 0 Å². The van der Waals surface area contributed by atoms with E-state index in [4.69, 9.17) is 27.9 Å². The van der Waals surface area contributed by atoms with E-state index in [-0.39, 0.29) is 0 Å². The average Bonchev–Trinajstić information content (AvgIpc) is 2.92. The number of nitrogens with zero attached hydrogens (tertiary/aromatic N) is 2. The molecule has 6 heteroatoms. The first-order chi connectivity index (χ1) is 11.6. The van der Waals surface area contributed by atoms with Gasteiger partial charge in [0.05, 0.1) is 5.39 Å². The SMILES string of the molecule is CC1CCc2c(sc3ncnc(OCc4c(Cl)cccc4Cl)c23)C1. The molecule has 3 aromatic rings. The van der Waals surface area contributed by atoms with Crippen molar-refractivity contribution >= 4 is 44.8 Å². The van der Waals surface area contributed by atoms with Gasteiger partial charge in [-0.1, -0.05) is 36.2 Å². The highest BCUT2D eigenvalue weighted by Crippen LogP contribution is 2.40. The van der Waals surface area contributed by atoms with Crippen LogP contribution in [0.4, 0.5) is 0 Å². The van der Waals surface area contributed by atoms with Crippen LogP contribution < -0.4 is 4.74 Å². The van der Waals surface area contributed by atoms with Crippen molar-refractivity contribution in [1.29, 1.82) is 0 Å². The van der Waals surface area contributed by atoms with Gasteiger partial charge in [0, 0.05) is 20.5 Å². The third-order valence-corrected chi connectivity index (χ3v) is 6.34. The van der Waals surface area contributed by atoms with Crippen molar-refractivity contribution in [2.45, 2.75) is 32.8 Å². The average molecular weight is 379 g/mol. The van der Waals surface area contributed by atoms with E-state index in [9.17, 15) is 0 Å². The topological polar surface area (TPSA) is 35.0 Å². The van der Waals surface area contributed by atoms with Gasteiger partial charge in [-0.2, -0.15) is 0 Å². The van der Waals surface area contributed by atoms with E-state index in [1.807, 2.05) is 18.2 Å². The molecule has 124 valence electrons. The second kappa shape index (κ2) is 6.51. The Balaban J connectivity index is 1.70. The van der Waals surface area contributed by atoms with Crippen LogP contribution in [0.2, 0.25) is 10.0 Å². The lowest BCUT2D eigenvalue weighted by atomic mass is 9.89. The number of benzene rings is 1. The molecule has 0 fully saturated rings. The first-order valence-corrected chi connectivity index (χ1v) is 9.51. The molecule has 0 aliphatic heterocycles. The molecular weight excluding hydrogens is 363 g/mol. The van der Waals surface area contributed by atoms with Crippen molar-refractivity contribution in [2.75, 3.05) is 0 Å². The van der Waals surface area contributed by atoms with Crippen LogP contribution in [-0.2, 0) is 19.4 Å². The maximum Gasteiger partial charge on any atom is 0.225 e. The molecule has 0 spiro atoms. The number of hydrogen-bond acceptors (Lipinski definition) is 4. The lowest BCUT2D eigenvalue weighted by Crippen LogP contribution is -2.09. The number of aryl methyl sites for hydroxylation is 1. The molecule has 3 nitrogen and oxygen atoms in total. The van der Waals surface area contributed by atoms with E-state index in [2.05, 4.69) is 16.9 Å². The van der Waals surface area contributed by atoms with E-state index >= 15 is 0 Å². The summed E-state index contributed by atoms with van der Waals surface area (Å²) in [6.45, 7) is 2.60. The Bertz CT molecular complexity index is 889. The number of thiophene rings is 1. The van der Waals surface area contributed by atoms with Crippen LogP contribution in [0.25, 0.3) is 10.2 Å². The van der Waals surface area contributed by atoms with E-state index < -0.39 is 0 Å². The van der Waals surface area contributed by atoms with Gasteiger partial charge in [-0.3, -0.25) is 0 Å². The zero-order chi connectivity index (χ0) is 16.7. The maximum atomic E-state index is 6.23. The summed E-state index contributed by atoms with van der Waals surface area (Å²) < 4.78 is 6.00. The lowest BCUT2D eigenvalue weighted by molar-refractivity contribution is 0.297. The highest BCUT2D eigenvalue weighted by molar-refractivity contribution is 7.18. The van der Waals surface area contributed by atoms with Gasteiger partial charge in [-0.25, -0.2) is 9.97 Å². The van der Waals surface area contributed by atoms with Gasteiger partial charge in [0.25, 0.3) is 0 Å². The normalized spacial score (nSPS) is 17.0. The summed E-state index contributed by atoms with van der Waals surface area (Å²) in [5.41, 5.74) is 2.14. The molecule has 2 aromatic heterocycles. The number of halogens is 2. The summed E-state index contributed by atoms with van der Waals surface area (Å²) in [6, 6.07) is 5.46. The molecule has 1 atom stereocenters. The minimum Gasteiger partial charge on any atom is -0.472 e. The minimum absolute atomic E-state index is 0.297. The molecule has 1 aromatic carbocycles. The molecule has 0 bridgehead atoms.